The van der Waals surface area contributed by atoms with Gasteiger partial charge in [-0.1, -0.05) is 13.8 Å². The van der Waals surface area contributed by atoms with Crippen LogP contribution >= 0.6 is 0 Å². The largest absolute Gasteiger partial charge is 1.00 e. The van der Waals surface area contributed by atoms with Gasteiger partial charge in [0.1, 0.15) is 0 Å². The second kappa shape index (κ2) is 8.85. The molecular formula is C7H10KNaO4. The Hall–Kier alpha value is 1.58. The summed E-state index contributed by atoms with van der Waals surface area (Å²) in [5.41, 5.74) is -1.81. The monoisotopic (exact) mass is 220 g/mol. The molecule has 0 amide bonds. The Labute approximate surface area is 142 Å². The van der Waals surface area contributed by atoms with E-state index in [2.05, 4.69) is 0 Å². The summed E-state index contributed by atoms with van der Waals surface area (Å²) < 4.78 is 0. The molecule has 0 saturated heterocycles. The van der Waals surface area contributed by atoms with Crippen LogP contribution in [0.1, 0.15) is 26.7 Å². The second-order valence-corrected chi connectivity index (χ2v) is 2.36. The van der Waals surface area contributed by atoms with Crippen molar-refractivity contribution in [2.75, 3.05) is 0 Å². The van der Waals surface area contributed by atoms with Crippen LogP contribution in [0.5, 0.6) is 0 Å². The smallest absolute Gasteiger partial charge is 0.549 e. The predicted octanol–water partition coefficient (Wildman–Crippen LogP) is -7.70. The van der Waals surface area contributed by atoms with Gasteiger partial charge in [0, 0.05) is 5.41 Å². The van der Waals surface area contributed by atoms with Crippen molar-refractivity contribution in [1.29, 1.82) is 0 Å². The fourth-order valence-corrected chi connectivity index (χ4v) is 0.911. The van der Waals surface area contributed by atoms with Crippen molar-refractivity contribution < 1.29 is 101 Å². The van der Waals surface area contributed by atoms with E-state index < -0.39 is 17.4 Å². The molecule has 0 atom stereocenters. The van der Waals surface area contributed by atoms with Gasteiger partial charge in [0.15, 0.2) is 0 Å². The molecule has 0 aliphatic rings. The first-order valence-corrected chi connectivity index (χ1v) is 3.44. The molecule has 0 fully saturated rings. The summed E-state index contributed by atoms with van der Waals surface area (Å²) in [6.45, 7) is 2.96. The van der Waals surface area contributed by atoms with Crippen LogP contribution in [-0.2, 0) is 9.59 Å². The molecular weight excluding hydrogens is 210 g/mol. The zero-order valence-electron chi connectivity index (χ0n) is 8.55. The Morgan fingerprint density at radius 2 is 1.31 bits per heavy atom. The first-order chi connectivity index (χ1) is 5.01. The Morgan fingerprint density at radius 3 is 1.31 bits per heavy atom. The molecule has 0 bridgehead atoms. The summed E-state index contributed by atoms with van der Waals surface area (Å²) in [6, 6.07) is 0. The molecule has 0 spiro atoms. The van der Waals surface area contributed by atoms with Gasteiger partial charge in [-0.05, 0) is 12.8 Å². The van der Waals surface area contributed by atoms with Crippen LogP contribution in [0, 0.1) is 5.41 Å². The molecule has 64 valence electrons. The number of hydrogen-bond donors (Lipinski definition) is 0. The minimum absolute atomic E-state index is 0. The van der Waals surface area contributed by atoms with Crippen molar-refractivity contribution in [3.8, 4) is 0 Å². The molecule has 0 aliphatic carbocycles. The van der Waals surface area contributed by atoms with Crippen molar-refractivity contribution in [2.45, 2.75) is 26.7 Å². The molecule has 6 heteroatoms. The van der Waals surface area contributed by atoms with Crippen LogP contribution in [0.4, 0.5) is 0 Å². The van der Waals surface area contributed by atoms with Crippen LogP contribution in [0.2, 0.25) is 0 Å². The zero-order chi connectivity index (χ0) is 9.07. The van der Waals surface area contributed by atoms with E-state index in [9.17, 15) is 19.8 Å². The number of carboxylic acids is 2. The maximum absolute atomic E-state index is 10.4. The normalized spacial score (nSPS) is 9.38. The molecule has 4 nitrogen and oxygen atoms in total. The Morgan fingerprint density at radius 1 is 1.08 bits per heavy atom. The van der Waals surface area contributed by atoms with E-state index in [1.54, 1.807) is 0 Å². The number of rotatable bonds is 4. The summed E-state index contributed by atoms with van der Waals surface area (Å²) in [5.74, 6) is -3.13. The fourth-order valence-electron chi connectivity index (χ4n) is 0.911. The minimum atomic E-state index is -1.81. The summed E-state index contributed by atoms with van der Waals surface area (Å²) in [4.78, 5) is 20.8. The quantitative estimate of drug-likeness (QED) is 0.348. The van der Waals surface area contributed by atoms with Gasteiger partial charge in [-0.3, -0.25) is 0 Å². The summed E-state index contributed by atoms with van der Waals surface area (Å²) in [5, 5.41) is 20.8. The maximum Gasteiger partial charge on any atom is 1.00 e. The molecule has 0 aromatic rings. The van der Waals surface area contributed by atoms with Gasteiger partial charge in [-0.2, -0.15) is 0 Å². The minimum Gasteiger partial charge on any atom is -0.549 e. The van der Waals surface area contributed by atoms with Crippen molar-refractivity contribution in [3.05, 3.63) is 0 Å². The summed E-state index contributed by atoms with van der Waals surface area (Å²) in [7, 11) is 0. The number of carbonyl (C=O) groups is 2. The number of hydrogen-bond acceptors (Lipinski definition) is 4. The van der Waals surface area contributed by atoms with Crippen LogP contribution in [0.25, 0.3) is 0 Å². The van der Waals surface area contributed by atoms with E-state index in [-0.39, 0.29) is 93.8 Å². The molecule has 0 aromatic carbocycles. The molecule has 0 saturated carbocycles. The average Bonchev–Trinajstić information content (AvgIpc) is 1.90. The molecule has 0 aromatic heterocycles. The van der Waals surface area contributed by atoms with Crippen LogP contribution < -0.4 is 91.2 Å². The third-order valence-corrected chi connectivity index (χ3v) is 1.99. The maximum atomic E-state index is 10.4. The first kappa shape index (κ1) is 20.0. The Bertz CT molecular complexity index is 163. The van der Waals surface area contributed by atoms with Crippen molar-refractivity contribution in [2.24, 2.45) is 5.41 Å². The van der Waals surface area contributed by atoms with Crippen molar-refractivity contribution in [1.82, 2.24) is 0 Å². The molecule has 0 radical (unpaired) electrons. The zero-order valence-corrected chi connectivity index (χ0v) is 13.7. The topological polar surface area (TPSA) is 80.3 Å². The molecule has 0 N–H and O–H groups in total. The molecule has 13 heavy (non-hydrogen) atoms. The third kappa shape index (κ3) is 4.75. The van der Waals surface area contributed by atoms with Gasteiger partial charge in [-0.15, -0.1) is 0 Å². The molecule has 0 aliphatic heterocycles. The van der Waals surface area contributed by atoms with E-state index >= 15 is 0 Å². The van der Waals surface area contributed by atoms with E-state index in [1.807, 2.05) is 0 Å². The van der Waals surface area contributed by atoms with Crippen LogP contribution in [0.3, 0.4) is 0 Å². The number of carboxylic acid groups (broad SMARTS) is 2. The van der Waals surface area contributed by atoms with Crippen molar-refractivity contribution in [3.63, 3.8) is 0 Å². The second-order valence-electron chi connectivity index (χ2n) is 2.36. The van der Waals surface area contributed by atoms with Gasteiger partial charge in [0.25, 0.3) is 0 Å². The summed E-state index contributed by atoms with van der Waals surface area (Å²) in [6.07, 6.45) is -0.0116. The van der Waals surface area contributed by atoms with Gasteiger partial charge in [-0.25, -0.2) is 0 Å². The van der Waals surface area contributed by atoms with Gasteiger partial charge >= 0.3 is 80.9 Å². The van der Waals surface area contributed by atoms with E-state index in [4.69, 9.17) is 0 Å². The standard InChI is InChI=1S/C7H12O4.K.Na/c1-3-7(4-2,5(8)9)6(10)11;;/h3-4H2,1-2H3,(H,8,9)(H,10,11);;/q;2*+1/p-2. The van der Waals surface area contributed by atoms with Crippen LogP contribution in [-0.4, -0.2) is 11.9 Å². The van der Waals surface area contributed by atoms with E-state index in [0.717, 1.165) is 0 Å². The molecule has 0 unspecified atom stereocenters. The third-order valence-electron chi connectivity index (χ3n) is 1.99. The summed E-state index contributed by atoms with van der Waals surface area (Å²) >= 11 is 0. The predicted molar refractivity (Wildman–Crippen MR) is 33.0 cm³/mol. The fraction of sp³-hybridized carbons (Fsp3) is 0.714. The number of carbonyl (C=O) groups excluding carboxylic acids is 2. The first-order valence-electron chi connectivity index (χ1n) is 3.44. The Balaban J connectivity index is -0.000000500. The average molecular weight is 220 g/mol. The van der Waals surface area contributed by atoms with Crippen molar-refractivity contribution >= 4 is 11.9 Å². The van der Waals surface area contributed by atoms with E-state index in [0.29, 0.717) is 0 Å². The van der Waals surface area contributed by atoms with Crippen LogP contribution in [0.15, 0.2) is 0 Å². The van der Waals surface area contributed by atoms with Gasteiger partial charge in [0.05, 0.1) is 11.9 Å². The Kier molecular flexibility index (Phi) is 13.6. The van der Waals surface area contributed by atoms with E-state index in [1.165, 1.54) is 13.8 Å². The van der Waals surface area contributed by atoms with Gasteiger partial charge in [0.2, 0.25) is 0 Å². The molecule has 0 rings (SSSR count). The molecule has 0 heterocycles. The number of aliphatic carboxylic acids is 2. The van der Waals surface area contributed by atoms with Gasteiger partial charge < -0.3 is 19.8 Å². The SMILES string of the molecule is CCC(CC)(C(=O)[O-])C(=O)[O-].[K+].[Na+].